The Bertz CT molecular complexity index is 473. The third-order valence-electron chi connectivity index (χ3n) is 2.72. The minimum absolute atomic E-state index is 0.213. The minimum atomic E-state index is 0.213. The first-order chi connectivity index (χ1) is 8.16. The van der Waals surface area contributed by atoms with Crippen LogP contribution in [-0.4, -0.2) is 21.0 Å². The highest BCUT2D eigenvalue weighted by molar-refractivity contribution is 5.61. The lowest BCUT2D eigenvalue weighted by Gasteiger charge is -2.01. The molecule has 1 atom stereocenters. The Morgan fingerprint density at radius 1 is 1.35 bits per heavy atom. The number of nitrogens with zero attached hydrogens (tertiary/aromatic N) is 2. The molecule has 2 aromatic rings. The molecule has 0 bridgehead atoms. The van der Waals surface area contributed by atoms with Gasteiger partial charge in [-0.2, -0.15) is 0 Å². The largest absolute Gasteiger partial charge is 0.346 e. The first-order valence-electron chi connectivity index (χ1n) is 5.88. The van der Waals surface area contributed by atoms with Crippen molar-refractivity contribution in [2.45, 2.75) is 32.7 Å². The molecule has 0 aliphatic rings. The van der Waals surface area contributed by atoms with Crippen LogP contribution in [0.25, 0.3) is 11.3 Å². The number of aryl methyl sites for hydroxylation is 2. The van der Waals surface area contributed by atoms with Crippen LogP contribution < -0.4 is 5.73 Å². The van der Waals surface area contributed by atoms with E-state index in [0.29, 0.717) is 0 Å². The first kappa shape index (κ1) is 11.8. The predicted octanol–water partition coefficient (Wildman–Crippen LogP) is 2.06. The lowest BCUT2D eigenvalue weighted by Crippen LogP contribution is -2.15. The summed E-state index contributed by atoms with van der Waals surface area (Å²) in [6.45, 7) is 4.05. The summed E-state index contributed by atoms with van der Waals surface area (Å²) >= 11 is 0. The van der Waals surface area contributed by atoms with E-state index in [1.54, 1.807) is 12.4 Å². The highest BCUT2D eigenvalue weighted by Gasteiger charge is 2.08. The Labute approximate surface area is 101 Å². The molecule has 0 saturated heterocycles. The number of hydrogen-bond donors (Lipinski definition) is 2. The Morgan fingerprint density at radius 2 is 2.06 bits per heavy atom. The van der Waals surface area contributed by atoms with Crippen LogP contribution in [0.4, 0.5) is 0 Å². The summed E-state index contributed by atoms with van der Waals surface area (Å²) in [6, 6.07) is 4.15. The normalized spacial score (nSPS) is 12.6. The zero-order chi connectivity index (χ0) is 12.3. The van der Waals surface area contributed by atoms with Crippen molar-refractivity contribution in [2.75, 3.05) is 0 Å². The smallest absolute Gasteiger partial charge is 0.107 e. The van der Waals surface area contributed by atoms with Crippen LogP contribution in [0.1, 0.15) is 24.9 Å². The van der Waals surface area contributed by atoms with Gasteiger partial charge in [0.25, 0.3) is 0 Å². The van der Waals surface area contributed by atoms with E-state index in [-0.39, 0.29) is 6.04 Å². The molecule has 0 fully saturated rings. The van der Waals surface area contributed by atoms with Gasteiger partial charge in [-0.25, -0.2) is 4.98 Å². The third kappa shape index (κ3) is 2.91. The molecule has 0 aliphatic heterocycles. The number of pyridine rings is 1. The molecule has 17 heavy (non-hydrogen) atoms. The Balaban J connectivity index is 2.20. The predicted molar refractivity (Wildman–Crippen MR) is 68.5 cm³/mol. The Kier molecular flexibility index (Phi) is 3.54. The van der Waals surface area contributed by atoms with E-state index in [1.807, 2.05) is 26.0 Å². The summed E-state index contributed by atoms with van der Waals surface area (Å²) < 4.78 is 0. The molecule has 1 unspecified atom stereocenters. The summed E-state index contributed by atoms with van der Waals surface area (Å²) in [4.78, 5) is 11.9. The SMILES string of the molecule is Cc1[nH]c(CCC(C)N)nc1-c1ccncc1. The monoisotopic (exact) mass is 230 g/mol. The van der Waals surface area contributed by atoms with Crippen LogP contribution in [-0.2, 0) is 6.42 Å². The number of imidazole rings is 1. The summed E-state index contributed by atoms with van der Waals surface area (Å²) in [5.74, 6) is 1.01. The van der Waals surface area contributed by atoms with Crippen LogP contribution in [0.3, 0.4) is 0 Å². The van der Waals surface area contributed by atoms with Crippen LogP contribution in [0.5, 0.6) is 0 Å². The number of hydrogen-bond acceptors (Lipinski definition) is 3. The van der Waals surface area contributed by atoms with Crippen molar-refractivity contribution in [3.63, 3.8) is 0 Å². The molecular weight excluding hydrogens is 212 g/mol. The fourth-order valence-corrected chi connectivity index (χ4v) is 1.80. The van der Waals surface area contributed by atoms with Gasteiger partial charge in [0.05, 0.1) is 5.69 Å². The molecule has 0 saturated carbocycles. The summed E-state index contributed by atoms with van der Waals surface area (Å²) in [7, 11) is 0. The van der Waals surface area contributed by atoms with Gasteiger partial charge in [-0.1, -0.05) is 0 Å². The van der Waals surface area contributed by atoms with Gasteiger partial charge in [-0.15, -0.1) is 0 Å². The zero-order valence-corrected chi connectivity index (χ0v) is 10.3. The number of rotatable bonds is 4. The van der Waals surface area contributed by atoms with Crippen molar-refractivity contribution < 1.29 is 0 Å². The van der Waals surface area contributed by atoms with Crippen LogP contribution in [0.2, 0.25) is 0 Å². The van der Waals surface area contributed by atoms with E-state index in [2.05, 4.69) is 15.0 Å². The first-order valence-corrected chi connectivity index (χ1v) is 5.88. The number of aromatic amines is 1. The van der Waals surface area contributed by atoms with E-state index >= 15 is 0 Å². The number of aromatic nitrogens is 3. The maximum atomic E-state index is 5.75. The van der Waals surface area contributed by atoms with Crippen molar-refractivity contribution in [2.24, 2.45) is 5.73 Å². The van der Waals surface area contributed by atoms with Gasteiger partial charge < -0.3 is 10.7 Å². The molecule has 90 valence electrons. The van der Waals surface area contributed by atoms with Crippen LogP contribution >= 0.6 is 0 Å². The Hall–Kier alpha value is -1.68. The van der Waals surface area contributed by atoms with Gasteiger partial charge in [0, 0.05) is 36.1 Å². The van der Waals surface area contributed by atoms with Crippen molar-refractivity contribution in [1.29, 1.82) is 0 Å². The van der Waals surface area contributed by atoms with Gasteiger partial charge in [-0.05, 0) is 32.4 Å². The highest BCUT2D eigenvalue weighted by Crippen LogP contribution is 2.20. The number of nitrogens with one attached hydrogen (secondary N) is 1. The van der Waals surface area contributed by atoms with E-state index < -0.39 is 0 Å². The molecule has 4 heteroatoms. The average molecular weight is 230 g/mol. The maximum absolute atomic E-state index is 5.75. The highest BCUT2D eigenvalue weighted by atomic mass is 14.9. The fraction of sp³-hybridized carbons (Fsp3) is 0.385. The molecule has 4 nitrogen and oxygen atoms in total. The van der Waals surface area contributed by atoms with Gasteiger partial charge in [0.15, 0.2) is 0 Å². The van der Waals surface area contributed by atoms with E-state index in [1.165, 1.54) is 0 Å². The third-order valence-corrected chi connectivity index (χ3v) is 2.72. The molecule has 2 rings (SSSR count). The van der Waals surface area contributed by atoms with Crippen molar-refractivity contribution >= 4 is 0 Å². The van der Waals surface area contributed by atoms with Crippen LogP contribution in [0, 0.1) is 6.92 Å². The lowest BCUT2D eigenvalue weighted by molar-refractivity contribution is 0.651. The lowest BCUT2D eigenvalue weighted by atomic mass is 10.2. The maximum Gasteiger partial charge on any atom is 0.107 e. The molecule has 0 radical (unpaired) electrons. The number of H-pyrrole nitrogens is 1. The minimum Gasteiger partial charge on any atom is -0.346 e. The molecule has 0 spiro atoms. The van der Waals surface area contributed by atoms with Gasteiger partial charge in [0.2, 0.25) is 0 Å². The van der Waals surface area contributed by atoms with Gasteiger partial charge >= 0.3 is 0 Å². The number of nitrogens with two attached hydrogens (primary N) is 1. The molecule has 0 amide bonds. The van der Waals surface area contributed by atoms with Gasteiger partial charge in [-0.3, -0.25) is 4.98 Å². The van der Waals surface area contributed by atoms with Crippen molar-refractivity contribution in [3.05, 3.63) is 36.0 Å². The van der Waals surface area contributed by atoms with E-state index in [9.17, 15) is 0 Å². The second kappa shape index (κ2) is 5.10. The quantitative estimate of drug-likeness (QED) is 0.844. The fourth-order valence-electron chi connectivity index (χ4n) is 1.80. The molecule has 2 aromatic heterocycles. The molecule has 2 heterocycles. The molecule has 0 aromatic carbocycles. The van der Waals surface area contributed by atoms with Crippen LogP contribution in [0.15, 0.2) is 24.5 Å². The molecule has 0 aliphatic carbocycles. The van der Waals surface area contributed by atoms with Gasteiger partial charge in [0.1, 0.15) is 5.82 Å². The second-order valence-electron chi connectivity index (χ2n) is 4.41. The summed E-state index contributed by atoms with van der Waals surface area (Å²) in [5, 5.41) is 0. The Morgan fingerprint density at radius 3 is 2.71 bits per heavy atom. The van der Waals surface area contributed by atoms with E-state index in [4.69, 9.17) is 5.73 Å². The van der Waals surface area contributed by atoms with Crippen molar-refractivity contribution in [1.82, 2.24) is 15.0 Å². The molecule has 3 N–H and O–H groups in total. The van der Waals surface area contributed by atoms with E-state index in [0.717, 1.165) is 35.6 Å². The standard InChI is InChI=1S/C13H18N4/c1-9(14)3-4-12-16-10(2)13(17-12)11-5-7-15-8-6-11/h5-9H,3-4,14H2,1-2H3,(H,16,17). The second-order valence-corrected chi connectivity index (χ2v) is 4.41. The summed E-state index contributed by atoms with van der Waals surface area (Å²) in [5.41, 5.74) is 8.94. The average Bonchev–Trinajstić information content (AvgIpc) is 2.69. The topological polar surface area (TPSA) is 67.6 Å². The molecular formula is C13H18N4. The van der Waals surface area contributed by atoms with Crippen molar-refractivity contribution in [3.8, 4) is 11.3 Å². The zero-order valence-electron chi connectivity index (χ0n) is 10.3. The summed E-state index contributed by atoms with van der Waals surface area (Å²) in [6.07, 6.45) is 5.41.